The van der Waals surface area contributed by atoms with E-state index in [9.17, 15) is 0 Å². The highest BCUT2D eigenvalue weighted by Gasteiger charge is 2.12. The van der Waals surface area contributed by atoms with Gasteiger partial charge in [-0.3, -0.25) is 4.90 Å². The van der Waals surface area contributed by atoms with E-state index in [1.807, 2.05) is 18.2 Å². The van der Waals surface area contributed by atoms with Gasteiger partial charge in [0.1, 0.15) is 0 Å². The first-order valence-corrected chi connectivity index (χ1v) is 7.47. The third-order valence-electron chi connectivity index (χ3n) is 3.57. The molecule has 0 spiro atoms. The molecule has 2 unspecified atom stereocenters. The van der Waals surface area contributed by atoms with Crippen LogP contribution in [0.15, 0.2) is 24.3 Å². The van der Waals surface area contributed by atoms with E-state index in [-0.39, 0.29) is 0 Å². The largest absolute Gasteiger partial charge is 0.300 e. The quantitative estimate of drug-likeness (QED) is 0.639. The average molecular weight is 288 g/mol. The Hall–Kier alpha value is -0.240. The van der Waals surface area contributed by atoms with Gasteiger partial charge in [-0.05, 0) is 57.0 Å². The lowest BCUT2D eigenvalue weighted by atomic mass is 10.0. The van der Waals surface area contributed by atoms with Gasteiger partial charge in [0.05, 0.1) is 0 Å². The molecule has 0 aliphatic carbocycles. The second-order valence-electron chi connectivity index (χ2n) is 5.08. The molecule has 0 bridgehead atoms. The zero-order chi connectivity index (χ0) is 13.5. The van der Waals surface area contributed by atoms with Crippen LogP contribution in [0.5, 0.6) is 0 Å². The third kappa shape index (κ3) is 5.17. The molecular weight excluding hydrogens is 265 g/mol. The van der Waals surface area contributed by atoms with Crippen LogP contribution in [0.3, 0.4) is 0 Å². The van der Waals surface area contributed by atoms with E-state index in [0.717, 1.165) is 23.9 Å². The van der Waals surface area contributed by atoms with Crippen molar-refractivity contribution in [2.24, 2.45) is 5.92 Å². The van der Waals surface area contributed by atoms with Gasteiger partial charge in [0.25, 0.3) is 0 Å². The molecule has 0 heterocycles. The monoisotopic (exact) mass is 287 g/mol. The molecule has 0 aliphatic rings. The Balaban J connectivity index is 2.48. The highest BCUT2D eigenvalue weighted by Crippen LogP contribution is 2.22. The molecule has 0 aliphatic heterocycles. The van der Waals surface area contributed by atoms with Crippen molar-refractivity contribution in [2.45, 2.75) is 32.7 Å². The van der Waals surface area contributed by atoms with E-state index in [1.54, 1.807) is 0 Å². The van der Waals surface area contributed by atoms with E-state index in [2.05, 4.69) is 31.9 Å². The van der Waals surface area contributed by atoms with Gasteiger partial charge in [0.2, 0.25) is 0 Å². The Morgan fingerprint density at radius 1 is 1.22 bits per heavy atom. The topological polar surface area (TPSA) is 3.24 Å². The van der Waals surface area contributed by atoms with E-state index < -0.39 is 0 Å². The van der Waals surface area contributed by atoms with E-state index in [0.29, 0.717) is 12.0 Å². The zero-order valence-electron chi connectivity index (χ0n) is 11.5. The molecule has 0 saturated carbocycles. The van der Waals surface area contributed by atoms with Crippen molar-refractivity contribution in [3.05, 3.63) is 34.9 Å². The summed E-state index contributed by atoms with van der Waals surface area (Å²) in [5.41, 5.74) is 1.27. The van der Waals surface area contributed by atoms with Gasteiger partial charge < -0.3 is 0 Å². The molecule has 2 atom stereocenters. The first-order chi connectivity index (χ1) is 8.54. The minimum Gasteiger partial charge on any atom is -0.300 e. The zero-order valence-corrected chi connectivity index (χ0v) is 13.0. The van der Waals surface area contributed by atoms with Crippen molar-refractivity contribution in [3.8, 4) is 0 Å². The molecule has 1 rings (SSSR count). The summed E-state index contributed by atoms with van der Waals surface area (Å²) in [5, 5.41) is 0.809. The average Bonchev–Trinajstić information content (AvgIpc) is 2.35. The number of halogens is 2. The van der Waals surface area contributed by atoms with Gasteiger partial charge in [-0.25, -0.2) is 0 Å². The van der Waals surface area contributed by atoms with Crippen LogP contribution in [0, 0.1) is 5.92 Å². The fourth-order valence-electron chi connectivity index (χ4n) is 1.97. The van der Waals surface area contributed by atoms with E-state index in [1.165, 1.54) is 12.0 Å². The van der Waals surface area contributed by atoms with Crippen molar-refractivity contribution < 1.29 is 0 Å². The Morgan fingerprint density at radius 3 is 2.56 bits per heavy atom. The summed E-state index contributed by atoms with van der Waals surface area (Å²) in [6.45, 7) is 5.57. The summed E-state index contributed by atoms with van der Waals surface area (Å²) in [6.07, 6.45) is 2.29. The number of alkyl halides is 1. The maximum Gasteiger partial charge on any atom is 0.0409 e. The maximum absolute atomic E-state index is 6.03. The second-order valence-corrected chi connectivity index (χ2v) is 5.90. The predicted molar refractivity (Wildman–Crippen MR) is 81.6 cm³/mol. The van der Waals surface area contributed by atoms with Crippen LogP contribution in [-0.2, 0) is 0 Å². The van der Waals surface area contributed by atoms with E-state index in [4.69, 9.17) is 23.2 Å². The minimum atomic E-state index is 0.395. The van der Waals surface area contributed by atoms with Crippen LogP contribution in [0.1, 0.15) is 38.3 Å². The highest BCUT2D eigenvalue weighted by atomic mass is 35.5. The number of hydrogen-bond acceptors (Lipinski definition) is 1. The van der Waals surface area contributed by atoms with Gasteiger partial charge in [-0.2, -0.15) is 0 Å². The van der Waals surface area contributed by atoms with Crippen molar-refractivity contribution in [1.82, 2.24) is 4.90 Å². The predicted octanol–water partition coefficient (Wildman–Crippen LogP) is 4.99. The van der Waals surface area contributed by atoms with E-state index >= 15 is 0 Å². The summed E-state index contributed by atoms with van der Waals surface area (Å²) in [7, 11) is 2.17. The Kier molecular flexibility index (Phi) is 7.06. The lowest BCUT2D eigenvalue weighted by molar-refractivity contribution is 0.242. The first kappa shape index (κ1) is 15.8. The number of rotatable bonds is 7. The molecule has 0 fully saturated rings. The lowest BCUT2D eigenvalue weighted by Gasteiger charge is -2.26. The molecule has 102 valence electrons. The summed E-state index contributed by atoms with van der Waals surface area (Å²) >= 11 is 11.8. The van der Waals surface area contributed by atoms with Gasteiger partial charge in [-0.1, -0.05) is 30.7 Å². The normalized spacial score (nSPS) is 14.8. The Labute approximate surface area is 121 Å². The summed E-state index contributed by atoms with van der Waals surface area (Å²) in [4.78, 5) is 2.37. The van der Waals surface area contributed by atoms with Crippen molar-refractivity contribution in [3.63, 3.8) is 0 Å². The molecule has 0 saturated heterocycles. The second kappa shape index (κ2) is 8.04. The fourth-order valence-corrected chi connectivity index (χ4v) is 2.54. The molecule has 1 nitrogen and oxygen atoms in total. The molecule has 0 amide bonds. The molecule has 18 heavy (non-hydrogen) atoms. The number of hydrogen-bond donors (Lipinski definition) is 0. The SMILES string of the molecule is CC(CCCl)CCN(C)C(C)c1cccc(Cl)c1. The van der Waals surface area contributed by atoms with Crippen LogP contribution in [0.2, 0.25) is 5.02 Å². The van der Waals surface area contributed by atoms with Crippen LogP contribution >= 0.6 is 23.2 Å². The van der Waals surface area contributed by atoms with Crippen molar-refractivity contribution in [2.75, 3.05) is 19.5 Å². The number of benzene rings is 1. The molecule has 0 radical (unpaired) electrons. The van der Waals surface area contributed by atoms with Gasteiger partial charge in [-0.15, -0.1) is 11.6 Å². The van der Waals surface area contributed by atoms with Crippen molar-refractivity contribution >= 4 is 23.2 Å². The summed E-state index contributed by atoms with van der Waals surface area (Å²) in [6, 6.07) is 8.51. The maximum atomic E-state index is 6.03. The van der Waals surface area contributed by atoms with Crippen molar-refractivity contribution in [1.29, 1.82) is 0 Å². The summed E-state index contributed by atoms with van der Waals surface area (Å²) < 4.78 is 0. The Morgan fingerprint density at radius 2 is 1.94 bits per heavy atom. The fraction of sp³-hybridized carbons (Fsp3) is 0.600. The molecule has 0 N–H and O–H groups in total. The van der Waals surface area contributed by atoms with Gasteiger partial charge in [0.15, 0.2) is 0 Å². The van der Waals surface area contributed by atoms with Gasteiger partial charge >= 0.3 is 0 Å². The molecule has 1 aromatic rings. The highest BCUT2D eigenvalue weighted by molar-refractivity contribution is 6.30. The molecule has 1 aromatic carbocycles. The number of nitrogens with zero attached hydrogens (tertiary/aromatic N) is 1. The summed E-state index contributed by atoms with van der Waals surface area (Å²) in [5.74, 6) is 1.45. The lowest BCUT2D eigenvalue weighted by Crippen LogP contribution is -2.24. The Bertz CT molecular complexity index is 354. The third-order valence-corrected chi connectivity index (χ3v) is 4.02. The minimum absolute atomic E-state index is 0.395. The first-order valence-electron chi connectivity index (χ1n) is 6.56. The van der Waals surface area contributed by atoms with Crippen LogP contribution in [-0.4, -0.2) is 24.4 Å². The molecule has 0 aromatic heterocycles. The molecule has 3 heteroatoms. The molecular formula is C15H23Cl2N. The van der Waals surface area contributed by atoms with Gasteiger partial charge in [0, 0.05) is 16.9 Å². The standard InChI is InChI=1S/C15H23Cl2N/c1-12(7-9-16)8-10-18(3)13(2)14-5-4-6-15(17)11-14/h4-6,11-13H,7-10H2,1-3H3. The van der Waals surface area contributed by atoms with Crippen LogP contribution in [0.4, 0.5) is 0 Å². The smallest absolute Gasteiger partial charge is 0.0409 e. The van der Waals surface area contributed by atoms with Crippen LogP contribution < -0.4 is 0 Å². The van der Waals surface area contributed by atoms with Crippen LogP contribution in [0.25, 0.3) is 0 Å².